The first kappa shape index (κ1) is 11.9. The summed E-state index contributed by atoms with van der Waals surface area (Å²) in [6.45, 7) is 7.34. The molecule has 1 aromatic heterocycles. The Hall–Kier alpha value is -1.16. The van der Waals surface area contributed by atoms with Crippen molar-refractivity contribution >= 4 is 0 Å². The lowest BCUT2D eigenvalue weighted by atomic mass is 10.3. The van der Waals surface area contributed by atoms with Crippen LogP contribution < -0.4 is 4.74 Å². The van der Waals surface area contributed by atoms with Gasteiger partial charge in [-0.05, 0) is 13.0 Å². The SMILES string of the molecule is CC.Cc1ccnc(OC2CCOC2)n1. The summed E-state index contributed by atoms with van der Waals surface area (Å²) in [6.07, 6.45) is 2.76. The van der Waals surface area contributed by atoms with E-state index in [0.29, 0.717) is 12.6 Å². The van der Waals surface area contributed by atoms with Crippen LogP contribution in [-0.4, -0.2) is 29.3 Å². The minimum absolute atomic E-state index is 0.127. The minimum Gasteiger partial charge on any atom is -0.458 e. The maximum Gasteiger partial charge on any atom is 0.316 e. The third-order valence-electron chi connectivity index (χ3n) is 1.93. The van der Waals surface area contributed by atoms with Gasteiger partial charge < -0.3 is 9.47 Å². The van der Waals surface area contributed by atoms with E-state index in [1.165, 1.54) is 0 Å². The molecule has 0 aromatic carbocycles. The zero-order chi connectivity index (χ0) is 11.1. The van der Waals surface area contributed by atoms with Gasteiger partial charge in [0.1, 0.15) is 6.10 Å². The third kappa shape index (κ3) is 3.83. The first-order chi connectivity index (χ1) is 7.34. The largest absolute Gasteiger partial charge is 0.458 e. The van der Waals surface area contributed by atoms with Crippen LogP contribution in [0.4, 0.5) is 0 Å². The van der Waals surface area contributed by atoms with Crippen molar-refractivity contribution < 1.29 is 9.47 Å². The van der Waals surface area contributed by atoms with Gasteiger partial charge in [0, 0.05) is 18.3 Å². The van der Waals surface area contributed by atoms with E-state index in [9.17, 15) is 0 Å². The average molecular weight is 210 g/mol. The Kier molecular flexibility index (Phi) is 5.04. The minimum atomic E-state index is 0.127. The number of ether oxygens (including phenoxy) is 2. The van der Waals surface area contributed by atoms with Gasteiger partial charge >= 0.3 is 6.01 Å². The number of aryl methyl sites for hydroxylation is 1. The van der Waals surface area contributed by atoms with Crippen molar-refractivity contribution in [3.63, 3.8) is 0 Å². The topological polar surface area (TPSA) is 44.2 Å². The summed E-state index contributed by atoms with van der Waals surface area (Å²) in [5.74, 6) is 0. The smallest absolute Gasteiger partial charge is 0.316 e. The fraction of sp³-hybridized carbons (Fsp3) is 0.636. The highest BCUT2D eigenvalue weighted by atomic mass is 16.6. The van der Waals surface area contributed by atoms with E-state index in [4.69, 9.17) is 9.47 Å². The van der Waals surface area contributed by atoms with Gasteiger partial charge in [-0.2, -0.15) is 0 Å². The van der Waals surface area contributed by atoms with E-state index in [1.807, 2.05) is 26.8 Å². The molecule has 0 aliphatic carbocycles. The van der Waals surface area contributed by atoms with E-state index in [1.54, 1.807) is 6.20 Å². The Morgan fingerprint density at radius 2 is 2.27 bits per heavy atom. The summed E-state index contributed by atoms with van der Waals surface area (Å²) in [5, 5.41) is 0. The summed E-state index contributed by atoms with van der Waals surface area (Å²) < 4.78 is 10.7. The lowest BCUT2D eigenvalue weighted by Crippen LogP contribution is -2.17. The summed E-state index contributed by atoms with van der Waals surface area (Å²) in [7, 11) is 0. The van der Waals surface area contributed by atoms with Crippen LogP contribution in [0, 0.1) is 6.92 Å². The molecule has 1 aromatic rings. The van der Waals surface area contributed by atoms with E-state index in [0.717, 1.165) is 18.7 Å². The number of rotatable bonds is 2. The van der Waals surface area contributed by atoms with Gasteiger partial charge in [0.2, 0.25) is 0 Å². The van der Waals surface area contributed by atoms with E-state index < -0.39 is 0 Å². The molecule has 0 saturated carbocycles. The first-order valence-electron chi connectivity index (χ1n) is 5.38. The fourth-order valence-electron chi connectivity index (χ4n) is 1.24. The van der Waals surface area contributed by atoms with Crippen LogP contribution in [0.15, 0.2) is 12.3 Å². The molecule has 1 unspecified atom stereocenters. The molecule has 1 atom stereocenters. The van der Waals surface area contributed by atoms with Gasteiger partial charge in [0.15, 0.2) is 0 Å². The van der Waals surface area contributed by atoms with Crippen molar-refractivity contribution in [1.29, 1.82) is 0 Å². The third-order valence-corrected chi connectivity index (χ3v) is 1.93. The summed E-state index contributed by atoms with van der Waals surface area (Å²) in [6, 6.07) is 2.30. The molecule has 1 aliphatic rings. The van der Waals surface area contributed by atoms with Crippen molar-refractivity contribution in [3.8, 4) is 6.01 Å². The standard InChI is InChI=1S/C9H12N2O2.C2H6/c1-7-2-4-10-9(11-7)13-8-3-5-12-6-8;1-2/h2,4,8H,3,5-6H2,1H3;1-2H3. The monoisotopic (exact) mass is 210 g/mol. The maximum absolute atomic E-state index is 5.51. The van der Waals surface area contributed by atoms with Gasteiger partial charge in [-0.1, -0.05) is 13.8 Å². The molecular formula is C11H18N2O2. The maximum atomic E-state index is 5.51. The molecule has 4 nitrogen and oxygen atoms in total. The molecule has 15 heavy (non-hydrogen) atoms. The second-order valence-electron chi connectivity index (χ2n) is 3.08. The molecule has 84 valence electrons. The number of nitrogens with zero attached hydrogens (tertiary/aromatic N) is 2. The summed E-state index contributed by atoms with van der Waals surface area (Å²) in [5.41, 5.74) is 0.920. The van der Waals surface area contributed by atoms with Gasteiger partial charge in [-0.15, -0.1) is 0 Å². The molecule has 4 heteroatoms. The van der Waals surface area contributed by atoms with Crippen LogP contribution in [0.2, 0.25) is 0 Å². The van der Waals surface area contributed by atoms with Gasteiger partial charge in [-0.25, -0.2) is 9.97 Å². The quantitative estimate of drug-likeness (QED) is 0.748. The highest BCUT2D eigenvalue weighted by Crippen LogP contribution is 2.11. The van der Waals surface area contributed by atoms with Gasteiger partial charge in [-0.3, -0.25) is 0 Å². The van der Waals surface area contributed by atoms with Crippen LogP contribution in [-0.2, 0) is 4.74 Å². The summed E-state index contributed by atoms with van der Waals surface area (Å²) in [4.78, 5) is 8.16. The van der Waals surface area contributed by atoms with Crippen molar-refractivity contribution in [1.82, 2.24) is 9.97 Å². The molecular weight excluding hydrogens is 192 g/mol. The van der Waals surface area contributed by atoms with Crippen LogP contribution in [0.5, 0.6) is 6.01 Å². The highest BCUT2D eigenvalue weighted by Gasteiger charge is 2.17. The van der Waals surface area contributed by atoms with E-state index in [2.05, 4.69) is 9.97 Å². The number of hydrogen-bond acceptors (Lipinski definition) is 4. The lowest BCUT2D eigenvalue weighted by molar-refractivity contribution is 0.134. The molecule has 2 rings (SSSR count). The molecule has 0 spiro atoms. The fourth-order valence-corrected chi connectivity index (χ4v) is 1.24. The van der Waals surface area contributed by atoms with Crippen molar-refractivity contribution in [2.45, 2.75) is 33.3 Å². The normalized spacial score (nSPS) is 19.3. The second kappa shape index (κ2) is 6.35. The molecule has 0 radical (unpaired) electrons. The number of aromatic nitrogens is 2. The highest BCUT2D eigenvalue weighted by molar-refractivity contribution is 5.03. The Bertz CT molecular complexity index is 286. The van der Waals surface area contributed by atoms with E-state index in [-0.39, 0.29) is 6.10 Å². The van der Waals surface area contributed by atoms with Crippen LogP contribution in [0.25, 0.3) is 0 Å². The zero-order valence-electron chi connectivity index (χ0n) is 9.56. The van der Waals surface area contributed by atoms with Crippen LogP contribution in [0.3, 0.4) is 0 Å². The molecule has 0 N–H and O–H groups in total. The van der Waals surface area contributed by atoms with Crippen LogP contribution in [0.1, 0.15) is 26.0 Å². The summed E-state index contributed by atoms with van der Waals surface area (Å²) >= 11 is 0. The van der Waals surface area contributed by atoms with Crippen molar-refractivity contribution in [2.75, 3.05) is 13.2 Å². The molecule has 1 aliphatic heterocycles. The first-order valence-corrected chi connectivity index (χ1v) is 5.38. The van der Waals surface area contributed by atoms with Gasteiger partial charge in [0.05, 0.1) is 13.2 Å². The Balaban J connectivity index is 0.000000531. The predicted octanol–water partition coefficient (Wildman–Crippen LogP) is 1.98. The predicted molar refractivity (Wildman–Crippen MR) is 58.0 cm³/mol. The lowest BCUT2D eigenvalue weighted by Gasteiger charge is -2.09. The Morgan fingerprint density at radius 3 is 2.87 bits per heavy atom. The molecule has 1 saturated heterocycles. The Labute approximate surface area is 90.7 Å². The van der Waals surface area contributed by atoms with Crippen molar-refractivity contribution in [2.24, 2.45) is 0 Å². The average Bonchev–Trinajstić information content (AvgIpc) is 2.74. The Morgan fingerprint density at radius 1 is 1.47 bits per heavy atom. The molecule has 1 fully saturated rings. The number of hydrogen-bond donors (Lipinski definition) is 0. The second-order valence-corrected chi connectivity index (χ2v) is 3.08. The van der Waals surface area contributed by atoms with E-state index >= 15 is 0 Å². The molecule has 0 amide bonds. The molecule has 2 heterocycles. The molecule has 0 bridgehead atoms. The van der Waals surface area contributed by atoms with Gasteiger partial charge in [0.25, 0.3) is 0 Å². The van der Waals surface area contributed by atoms with Crippen LogP contribution >= 0.6 is 0 Å². The van der Waals surface area contributed by atoms with Crippen molar-refractivity contribution in [3.05, 3.63) is 18.0 Å². The zero-order valence-corrected chi connectivity index (χ0v) is 9.56.